The summed E-state index contributed by atoms with van der Waals surface area (Å²) >= 11 is 0. The monoisotopic (exact) mass is 305 g/mol. The summed E-state index contributed by atoms with van der Waals surface area (Å²) < 4.78 is 13.3. The van der Waals surface area contributed by atoms with E-state index in [-0.39, 0.29) is 11.7 Å². The Labute approximate surface area is 131 Å². The van der Waals surface area contributed by atoms with Gasteiger partial charge in [-0.05, 0) is 56.6 Å². The van der Waals surface area contributed by atoms with Crippen LogP contribution < -0.4 is 10.2 Å². The van der Waals surface area contributed by atoms with E-state index in [1.54, 1.807) is 13.0 Å². The number of hydrogen-bond donors (Lipinski definition) is 1. The molecule has 2 aliphatic rings. The van der Waals surface area contributed by atoms with Crippen molar-refractivity contribution in [1.29, 1.82) is 0 Å². The number of pyridine rings is 1. The normalized spacial score (nSPS) is 21.7. The molecule has 1 unspecified atom stereocenters. The largest absolute Gasteiger partial charge is 0.356 e. The molecule has 1 aromatic rings. The minimum atomic E-state index is -0.260. The predicted octanol–water partition coefficient (Wildman–Crippen LogP) is 2.66. The van der Waals surface area contributed by atoms with Crippen molar-refractivity contribution in [2.45, 2.75) is 39.0 Å². The van der Waals surface area contributed by atoms with Gasteiger partial charge in [0.25, 0.3) is 0 Å². The number of amides is 1. The number of rotatable bonds is 5. The third kappa shape index (κ3) is 3.96. The Morgan fingerprint density at radius 3 is 2.91 bits per heavy atom. The van der Waals surface area contributed by atoms with Crippen molar-refractivity contribution in [3.05, 3.63) is 23.6 Å². The van der Waals surface area contributed by atoms with Crippen molar-refractivity contribution >= 4 is 11.7 Å². The van der Waals surface area contributed by atoms with Gasteiger partial charge in [0.1, 0.15) is 11.6 Å². The first-order chi connectivity index (χ1) is 10.6. The molecule has 0 spiro atoms. The van der Waals surface area contributed by atoms with Crippen LogP contribution in [0.5, 0.6) is 0 Å². The number of nitrogens with one attached hydrogen (secondary N) is 1. The molecule has 1 amide bonds. The fraction of sp³-hybridized carbons (Fsp3) is 0.647. The maximum atomic E-state index is 13.3. The number of halogens is 1. The van der Waals surface area contributed by atoms with Gasteiger partial charge in [-0.3, -0.25) is 4.79 Å². The van der Waals surface area contributed by atoms with Crippen LogP contribution in [0.3, 0.4) is 0 Å². The molecule has 0 bridgehead atoms. The number of carbonyl (C=O) groups is 1. The van der Waals surface area contributed by atoms with Crippen LogP contribution >= 0.6 is 0 Å². The molecule has 1 saturated heterocycles. The zero-order valence-electron chi connectivity index (χ0n) is 13.1. The average molecular weight is 305 g/mol. The van der Waals surface area contributed by atoms with Gasteiger partial charge < -0.3 is 10.2 Å². The highest BCUT2D eigenvalue weighted by Gasteiger charge is 2.25. The molecular formula is C17H24FN3O. The molecule has 0 aromatic carbocycles. The fourth-order valence-corrected chi connectivity index (χ4v) is 3.06. The Morgan fingerprint density at radius 1 is 1.36 bits per heavy atom. The lowest BCUT2D eigenvalue weighted by Crippen LogP contribution is -2.41. The van der Waals surface area contributed by atoms with E-state index in [0.717, 1.165) is 38.3 Å². The second-order valence-corrected chi connectivity index (χ2v) is 6.64. The van der Waals surface area contributed by atoms with Crippen LogP contribution in [0.1, 0.15) is 37.8 Å². The van der Waals surface area contributed by atoms with Crippen LogP contribution in [-0.4, -0.2) is 30.5 Å². The molecule has 4 nitrogen and oxygen atoms in total. The highest BCUT2D eigenvalue weighted by molar-refractivity contribution is 5.76. The van der Waals surface area contributed by atoms with Crippen LogP contribution in [0, 0.1) is 24.6 Å². The zero-order valence-corrected chi connectivity index (χ0v) is 13.1. The van der Waals surface area contributed by atoms with E-state index >= 15 is 0 Å². The summed E-state index contributed by atoms with van der Waals surface area (Å²) in [5.74, 6) is 1.85. The molecule has 1 aromatic heterocycles. The van der Waals surface area contributed by atoms with Gasteiger partial charge in [-0.15, -0.1) is 0 Å². The smallest absolute Gasteiger partial charge is 0.220 e. The summed E-state index contributed by atoms with van der Waals surface area (Å²) in [6, 6.07) is 3.23. The summed E-state index contributed by atoms with van der Waals surface area (Å²) in [4.78, 5) is 18.3. The lowest BCUT2D eigenvalue weighted by Gasteiger charge is -2.33. The van der Waals surface area contributed by atoms with Gasteiger partial charge in [0.2, 0.25) is 5.91 Å². The molecule has 1 aliphatic carbocycles. The van der Waals surface area contributed by atoms with Crippen LogP contribution in [-0.2, 0) is 4.79 Å². The Bertz CT molecular complexity index is 545. The van der Waals surface area contributed by atoms with E-state index in [0.29, 0.717) is 24.0 Å². The molecular weight excluding hydrogens is 281 g/mol. The molecule has 1 N–H and O–H groups in total. The van der Waals surface area contributed by atoms with Crippen LogP contribution in [0.2, 0.25) is 0 Å². The second kappa shape index (κ2) is 6.63. The average Bonchev–Trinajstić information content (AvgIpc) is 3.32. The quantitative estimate of drug-likeness (QED) is 0.909. The van der Waals surface area contributed by atoms with Gasteiger partial charge in [0.15, 0.2) is 0 Å². The van der Waals surface area contributed by atoms with Crippen LogP contribution in [0.15, 0.2) is 12.1 Å². The van der Waals surface area contributed by atoms with Crippen molar-refractivity contribution in [3.63, 3.8) is 0 Å². The Kier molecular flexibility index (Phi) is 4.60. The molecule has 3 rings (SSSR count). The van der Waals surface area contributed by atoms with Crippen molar-refractivity contribution in [2.24, 2.45) is 11.8 Å². The number of piperidine rings is 1. The summed E-state index contributed by atoms with van der Waals surface area (Å²) in [5.41, 5.74) is 0.442. The van der Waals surface area contributed by atoms with Crippen molar-refractivity contribution in [2.75, 3.05) is 24.5 Å². The maximum absolute atomic E-state index is 13.3. The molecule has 2 fully saturated rings. The van der Waals surface area contributed by atoms with E-state index in [1.807, 2.05) is 0 Å². The van der Waals surface area contributed by atoms with E-state index in [4.69, 9.17) is 0 Å². The van der Waals surface area contributed by atoms with E-state index in [1.165, 1.54) is 18.9 Å². The van der Waals surface area contributed by atoms with Gasteiger partial charge in [-0.25, -0.2) is 9.37 Å². The predicted molar refractivity (Wildman–Crippen MR) is 84.2 cm³/mol. The number of nitrogens with zero attached hydrogens (tertiary/aromatic N) is 2. The summed E-state index contributed by atoms with van der Waals surface area (Å²) in [6.45, 7) is 4.26. The van der Waals surface area contributed by atoms with Crippen molar-refractivity contribution in [1.82, 2.24) is 10.3 Å². The molecule has 1 atom stereocenters. The lowest BCUT2D eigenvalue weighted by molar-refractivity contribution is -0.121. The Hall–Kier alpha value is -1.65. The third-order valence-electron chi connectivity index (χ3n) is 4.61. The molecule has 22 heavy (non-hydrogen) atoms. The molecule has 1 saturated carbocycles. The van der Waals surface area contributed by atoms with Gasteiger partial charge in [-0.1, -0.05) is 0 Å². The molecule has 1 aliphatic heterocycles. The zero-order chi connectivity index (χ0) is 15.5. The first kappa shape index (κ1) is 15.3. The van der Waals surface area contributed by atoms with Crippen molar-refractivity contribution < 1.29 is 9.18 Å². The summed E-state index contributed by atoms with van der Waals surface area (Å²) in [7, 11) is 0. The first-order valence-corrected chi connectivity index (χ1v) is 8.26. The number of aromatic nitrogens is 1. The van der Waals surface area contributed by atoms with Crippen LogP contribution in [0.25, 0.3) is 0 Å². The minimum absolute atomic E-state index is 0.190. The number of anilines is 1. The van der Waals surface area contributed by atoms with E-state index in [9.17, 15) is 9.18 Å². The SMILES string of the molecule is Cc1nc(N2CCCC(CNC(=O)CC3CC3)C2)ccc1F. The highest BCUT2D eigenvalue weighted by Crippen LogP contribution is 2.32. The summed E-state index contributed by atoms with van der Waals surface area (Å²) in [5, 5.41) is 3.07. The summed E-state index contributed by atoms with van der Waals surface area (Å²) in [6.07, 6.45) is 5.32. The first-order valence-electron chi connectivity index (χ1n) is 8.26. The molecule has 5 heteroatoms. The molecule has 2 heterocycles. The minimum Gasteiger partial charge on any atom is -0.356 e. The molecule has 0 radical (unpaired) electrons. The standard InChI is InChI=1S/C17H24FN3O/c1-12-15(18)6-7-16(20-12)21-8-2-3-14(11-21)10-19-17(22)9-13-4-5-13/h6-7,13-14H,2-5,8-11H2,1H3,(H,19,22). The number of aryl methyl sites for hydroxylation is 1. The highest BCUT2D eigenvalue weighted by atomic mass is 19.1. The van der Waals surface area contributed by atoms with Crippen molar-refractivity contribution in [3.8, 4) is 0 Å². The maximum Gasteiger partial charge on any atom is 0.220 e. The lowest BCUT2D eigenvalue weighted by atomic mass is 9.98. The number of carbonyl (C=O) groups excluding carboxylic acids is 1. The van der Waals surface area contributed by atoms with E-state index in [2.05, 4.69) is 15.2 Å². The van der Waals surface area contributed by atoms with Gasteiger partial charge >= 0.3 is 0 Å². The fourth-order valence-electron chi connectivity index (χ4n) is 3.06. The Morgan fingerprint density at radius 2 is 2.18 bits per heavy atom. The van der Waals surface area contributed by atoms with Crippen LogP contribution in [0.4, 0.5) is 10.2 Å². The van der Waals surface area contributed by atoms with Gasteiger partial charge in [0.05, 0.1) is 5.69 Å². The Balaban J connectivity index is 1.51. The topological polar surface area (TPSA) is 45.2 Å². The number of hydrogen-bond acceptors (Lipinski definition) is 3. The third-order valence-corrected chi connectivity index (χ3v) is 4.61. The molecule has 120 valence electrons. The second-order valence-electron chi connectivity index (χ2n) is 6.64. The van der Waals surface area contributed by atoms with Gasteiger partial charge in [0, 0.05) is 26.1 Å². The van der Waals surface area contributed by atoms with E-state index < -0.39 is 0 Å². The van der Waals surface area contributed by atoms with Gasteiger partial charge in [-0.2, -0.15) is 0 Å².